The Bertz CT molecular complexity index is 544. The molecular weight excluding hydrogens is 310 g/mol. The molecule has 128 valence electrons. The third kappa shape index (κ3) is 3.86. The van der Waals surface area contributed by atoms with Gasteiger partial charge in [-0.2, -0.15) is 0 Å². The lowest BCUT2D eigenvalue weighted by Gasteiger charge is -2.47. The Morgan fingerprint density at radius 1 is 1.43 bits per heavy atom. The van der Waals surface area contributed by atoms with E-state index in [1.165, 1.54) is 11.3 Å². The summed E-state index contributed by atoms with van der Waals surface area (Å²) in [6, 6.07) is 0.353. The van der Waals surface area contributed by atoms with Gasteiger partial charge in [-0.25, -0.2) is 9.78 Å². The van der Waals surface area contributed by atoms with Gasteiger partial charge in [0.05, 0.1) is 5.69 Å². The first kappa shape index (κ1) is 16.7. The standard InChI is InChI=1S/C17H27N3O2S/c1-4-20(13-9-17(2,3)10-13)16(21)19-15-18-14(11-23-15)12-5-7-22-8-6-12/h11-13H,4-10H2,1-3H3,(H,18,19,21). The van der Waals surface area contributed by atoms with E-state index in [0.717, 1.165) is 51.1 Å². The molecule has 0 unspecified atom stereocenters. The van der Waals surface area contributed by atoms with Gasteiger partial charge in [0.25, 0.3) is 0 Å². The van der Waals surface area contributed by atoms with Crippen LogP contribution in [0.15, 0.2) is 5.38 Å². The molecule has 0 radical (unpaired) electrons. The lowest BCUT2D eigenvalue weighted by atomic mass is 9.68. The van der Waals surface area contributed by atoms with Crippen LogP contribution in [0, 0.1) is 5.41 Å². The number of hydrogen-bond acceptors (Lipinski definition) is 4. The molecule has 1 aromatic rings. The predicted octanol–water partition coefficient (Wildman–Crippen LogP) is 4.08. The second kappa shape index (κ2) is 6.77. The number of anilines is 1. The molecule has 5 nitrogen and oxygen atoms in total. The minimum absolute atomic E-state index is 0.0131. The lowest BCUT2D eigenvalue weighted by molar-refractivity contribution is 0.0540. The molecule has 1 aliphatic heterocycles. The Kier molecular flexibility index (Phi) is 4.92. The summed E-state index contributed by atoms with van der Waals surface area (Å²) >= 11 is 1.53. The van der Waals surface area contributed by atoms with E-state index in [4.69, 9.17) is 4.74 Å². The van der Waals surface area contributed by atoms with E-state index in [2.05, 4.69) is 29.5 Å². The number of nitrogens with one attached hydrogen (secondary N) is 1. The predicted molar refractivity (Wildman–Crippen MR) is 93.1 cm³/mol. The molecule has 1 saturated heterocycles. The normalized spacial score (nSPS) is 21.7. The highest BCUT2D eigenvalue weighted by Gasteiger charge is 2.40. The van der Waals surface area contributed by atoms with Gasteiger partial charge in [0.1, 0.15) is 0 Å². The number of urea groups is 1. The topological polar surface area (TPSA) is 54.5 Å². The van der Waals surface area contributed by atoms with Crippen LogP contribution in [0.4, 0.5) is 9.93 Å². The minimum atomic E-state index is -0.0131. The van der Waals surface area contributed by atoms with Crippen molar-refractivity contribution in [2.75, 3.05) is 25.1 Å². The van der Waals surface area contributed by atoms with Gasteiger partial charge in [0, 0.05) is 37.1 Å². The first-order valence-electron chi connectivity index (χ1n) is 8.59. The van der Waals surface area contributed by atoms with Gasteiger partial charge in [-0.15, -0.1) is 11.3 Å². The number of rotatable bonds is 4. The van der Waals surface area contributed by atoms with Crippen LogP contribution >= 0.6 is 11.3 Å². The first-order valence-corrected chi connectivity index (χ1v) is 9.47. The number of carbonyl (C=O) groups excluding carboxylic acids is 1. The van der Waals surface area contributed by atoms with Crippen LogP contribution in [0.1, 0.15) is 58.1 Å². The number of ether oxygens (including phenoxy) is 1. The quantitative estimate of drug-likeness (QED) is 0.900. The van der Waals surface area contributed by atoms with E-state index in [9.17, 15) is 4.79 Å². The van der Waals surface area contributed by atoms with Gasteiger partial charge >= 0.3 is 6.03 Å². The molecule has 0 atom stereocenters. The van der Waals surface area contributed by atoms with Crippen molar-refractivity contribution in [1.82, 2.24) is 9.88 Å². The van der Waals surface area contributed by atoms with Crippen molar-refractivity contribution < 1.29 is 9.53 Å². The first-order chi connectivity index (χ1) is 11.0. The SMILES string of the molecule is CCN(C(=O)Nc1nc(C2CCOCC2)cs1)C1CC(C)(C)C1. The average Bonchev–Trinajstić information content (AvgIpc) is 2.95. The summed E-state index contributed by atoms with van der Waals surface area (Å²) in [5.41, 5.74) is 1.47. The molecule has 2 aliphatic rings. The Balaban J connectivity index is 1.57. The van der Waals surface area contributed by atoms with Gasteiger partial charge in [-0.05, 0) is 38.0 Å². The van der Waals surface area contributed by atoms with Crippen LogP contribution in [0.3, 0.4) is 0 Å². The number of hydrogen-bond donors (Lipinski definition) is 1. The molecule has 1 saturated carbocycles. The van der Waals surface area contributed by atoms with E-state index in [1.54, 1.807) is 0 Å². The molecule has 2 fully saturated rings. The fraction of sp³-hybridized carbons (Fsp3) is 0.765. The molecule has 0 aromatic carbocycles. The number of thiazole rings is 1. The fourth-order valence-electron chi connectivity index (χ4n) is 3.69. The minimum Gasteiger partial charge on any atom is -0.381 e. The van der Waals surface area contributed by atoms with E-state index < -0.39 is 0 Å². The maximum absolute atomic E-state index is 12.5. The zero-order chi connectivity index (χ0) is 16.4. The molecule has 2 amide bonds. The van der Waals surface area contributed by atoms with Crippen LogP contribution in [-0.4, -0.2) is 41.7 Å². The highest BCUT2D eigenvalue weighted by molar-refractivity contribution is 7.13. The monoisotopic (exact) mass is 337 g/mol. The van der Waals surface area contributed by atoms with Crippen LogP contribution < -0.4 is 5.32 Å². The van der Waals surface area contributed by atoms with Crippen molar-refractivity contribution in [2.24, 2.45) is 5.41 Å². The maximum Gasteiger partial charge on any atom is 0.323 e. The third-order valence-electron chi connectivity index (χ3n) is 4.99. The summed E-state index contributed by atoms with van der Waals surface area (Å²) in [6.45, 7) is 8.92. The van der Waals surface area contributed by atoms with E-state index in [1.807, 2.05) is 11.8 Å². The van der Waals surface area contributed by atoms with Gasteiger partial charge < -0.3 is 9.64 Å². The van der Waals surface area contributed by atoms with E-state index in [-0.39, 0.29) is 6.03 Å². The zero-order valence-electron chi connectivity index (χ0n) is 14.3. The Morgan fingerprint density at radius 2 is 2.13 bits per heavy atom. The van der Waals surface area contributed by atoms with Gasteiger partial charge in [0.15, 0.2) is 5.13 Å². The summed E-state index contributed by atoms with van der Waals surface area (Å²) in [7, 11) is 0. The third-order valence-corrected chi connectivity index (χ3v) is 5.77. The number of nitrogens with zero attached hydrogens (tertiary/aromatic N) is 2. The average molecular weight is 337 g/mol. The molecule has 2 heterocycles. The number of amides is 2. The van der Waals surface area contributed by atoms with Crippen molar-refractivity contribution >= 4 is 22.5 Å². The Labute approximate surface area is 142 Å². The molecule has 1 aliphatic carbocycles. The largest absolute Gasteiger partial charge is 0.381 e. The van der Waals surface area contributed by atoms with Crippen LogP contribution in [0.5, 0.6) is 0 Å². The summed E-state index contributed by atoms with van der Waals surface area (Å²) < 4.78 is 5.40. The molecule has 1 aromatic heterocycles. The summed E-state index contributed by atoms with van der Waals surface area (Å²) in [5.74, 6) is 0.473. The van der Waals surface area contributed by atoms with Gasteiger partial charge in [-0.1, -0.05) is 13.8 Å². The summed E-state index contributed by atoms with van der Waals surface area (Å²) in [4.78, 5) is 19.1. The Hall–Kier alpha value is -1.14. The van der Waals surface area contributed by atoms with Gasteiger partial charge in [-0.3, -0.25) is 5.32 Å². The molecule has 3 rings (SSSR count). The Morgan fingerprint density at radius 3 is 2.74 bits per heavy atom. The lowest BCUT2D eigenvalue weighted by Crippen LogP contribution is -2.52. The van der Waals surface area contributed by atoms with Gasteiger partial charge in [0.2, 0.25) is 0 Å². The number of carbonyl (C=O) groups is 1. The fourth-order valence-corrected chi connectivity index (χ4v) is 4.47. The molecule has 0 spiro atoms. The molecular formula is C17H27N3O2S. The van der Waals surface area contributed by atoms with E-state index >= 15 is 0 Å². The van der Waals surface area contributed by atoms with Crippen molar-refractivity contribution in [1.29, 1.82) is 0 Å². The maximum atomic E-state index is 12.5. The number of aromatic nitrogens is 1. The molecule has 23 heavy (non-hydrogen) atoms. The smallest absolute Gasteiger partial charge is 0.323 e. The summed E-state index contributed by atoms with van der Waals surface area (Å²) in [6.07, 6.45) is 4.21. The summed E-state index contributed by atoms with van der Waals surface area (Å²) in [5, 5.41) is 5.79. The molecule has 1 N–H and O–H groups in total. The van der Waals surface area contributed by atoms with Crippen LogP contribution in [0.2, 0.25) is 0 Å². The molecule has 6 heteroatoms. The van der Waals surface area contributed by atoms with Crippen molar-refractivity contribution in [2.45, 2.75) is 58.4 Å². The van der Waals surface area contributed by atoms with Crippen LogP contribution in [0.25, 0.3) is 0 Å². The van der Waals surface area contributed by atoms with Crippen molar-refractivity contribution in [3.8, 4) is 0 Å². The highest BCUT2D eigenvalue weighted by atomic mass is 32.1. The second-order valence-corrected chi connectivity index (χ2v) is 8.26. The van der Waals surface area contributed by atoms with Crippen molar-refractivity contribution in [3.05, 3.63) is 11.1 Å². The van der Waals surface area contributed by atoms with Crippen LogP contribution in [-0.2, 0) is 4.74 Å². The zero-order valence-corrected chi connectivity index (χ0v) is 15.1. The van der Waals surface area contributed by atoms with E-state index in [0.29, 0.717) is 22.5 Å². The second-order valence-electron chi connectivity index (χ2n) is 7.41. The van der Waals surface area contributed by atoms with Crippen molar-refractivity contribution in [3.63, 3.8) is 0 Å². The molecule has 0 bridgehead atoms. The highest BCUT2D eigenvalue weighted by Crippen LogP contribution is 2.42.